The second-order valence-corrected chi connectivity index (χ2v) is 3.29. The van der Waals surface area contributed by atoms with Gasteiger partial charge in [0.25, 0.3) is 0 Å². The van der Waals surface area contributed by atoms with Gasteiger partial charge in [0.1, 0.15) is 5.65 Å². The lowest BCUT2D eigenvalue weighted by molar-refractivity contribution is 0.112. The molecule has 0 bridgehead atoms. The van der Waals surface area contributed by atoms with Gasteiger partial charge < -0.3 is 14.6 Å². The normalized spacial score (nSPS) is 10.6. The Balaban J connectivity index is 2.72. The Hall–Kier alpha value is -1.66. The number of fused-ring (bicyclic) bond motifs is 1. The van der Waals surface area contributed by atoms with Crippen LogP contribution in [0.2, 0.25) is 0 Å². The predicted molar refractivity (Wildman–Crippen MR) is 55.9 cm³/mol. The van der Waals surface area contributed by atoms with Gasteiger partial charge in [-0.15, -0.1) is 0 Å². The van der Waals surface area contributed by atoms with Crippen LogP contribution in [0.1, 0.15) is 10.4 Å². The van der Waals surface area contributed by atoms with Crippen molar-refractivity contribution in [1.82, 2.24) is 9.55 Å². The summed E-state index contributed by atoms with van der Waals surface area (Å²) in [6, 6.07) is 3.14. The molecule has 0 saturated heterocycles. The number of carbonyl (C=O) groups excluding carboxylic acids is 1. The van der Waals surface area contributed by atoms with Gasteiger partial charge in [0.05, 0.1) is 5.59 Å². The van der Waals surface area contributed by atoms with Gasteiger partial charge in [0.2, 0.25) is 0 Å². The first-order valence-electron chi connectivity index (χ1n) is 4.41. The fourth-order valence-electron chi connectivity index (χ4n) is 1.53. The molecule has 2 N–H and O–H groups in total. The van der Waals surface area contributed by atoms with Gasteiger partial charge in [-0.1, -0.05) is 0 Å². The molecule has 0 unspecified atom stereocenters. The molecule has 0 aliphatic rings. The molecule has 0 radical (unpaired) electrons. The van der Waals surface area contributed by atoms with Crippen LogP contribution in [-0.4, -0.2) is 33.0 Å². The minimum Gasteiger partial charge on any atom is -0.422 e. The van der Waals surface area contributed by atoms with E-state index in [1.54, 1.807) is 23.9 Å². The van der Waals surface area contributed by atoms with Gasteiger partial charge in [-0.25, -0.2) is 4.98 Å². The molecule has 0 fully saturated rings. The summed E-state index contributed by atoms with van der Waals surface area (Å²) >= 11 is 0. The monoisotopic (exact) mass is 204 g/mol. The van der Waals surface area contributed by atoms with E-state index >= 15 is 0 Å². The minimum atomic E-state index is -1.59. The topological polar surface area (TPSA) is 75.4 Å². The van der Waals surface area contributed by atoms with Crippen LogP contribution >= 0.6 is 0 Å². The highest BCUT2D eigenvalue weighted by Crippen LogP contribution is 2.15. The minimum absolute atomic E-state index is 0.168. The molecule has 5 nitrogen and oxygen atoms in total. The summed E-state index contributed by atoms with van der Waals surface area (Å²) < 4.78 is 1.67. The molecule has 2 heterocycles. The summed E-state index contributed by atoms with van der Waals surface area (Å²) in [5.74, 6) is 0. The molecule has 0 atom stereocenters. The van der Waals surface area contributed by atoms with E-state index in [2.05, 4.69) is 4.98 Å². The molecule has 15 heavy (non-hydrogen) atoms. The van der Waals surface area contributed by atoms with Gasteiger partial charge in [0, 0.05) is 24.2 Å². The smallest absolute Gasteiger partial charge is 0.422 e. The largest absolute Gasteiger partial charge is 0.508 e. The first kappa shape index (κ1) is 9.88. The van der Waals surface area contributed by atoms with Gasteiger partial charge in [-0.3, -0.25) is 4.79 Å². The average Bonchev–Trinajstić information content (AvgIpc) is 2.55. The molecule has 0 aliphatic carbocycles. The number of hydrogen-bond donors (Lipinski definition) is 2. The summed E-state index contributed by atoms with van der Waals surface area (Å²) in [5, 5.41) is 18.6. The highest BCUT2D eigenvalue weighted by atomic mass is 16.4. The van der Waals surface area contributed by atoms with E-state index in [4.69, 9.17) is 10.0 Å². The second-order valence-electron chi connectivity index (χ2n) is 3.29. The lowest BCUT2D eigenvalue weighted by Crippen LogP contribution is -2.32. The lowest BCUT2D eigenvalue weighted by Gasteiger charge is -2.00. The Morgan fingerprint density at radius 3 is 2.80 bits per heavy atom. The first-order chi connectivity index (χ1) is 7.13. The van der Waals surface area contributed by atoms with E-state index in [0.29, 0.717) is 16.6 Å². The zero-order chi connectivity index (χ0) is 11.0. The Labute approximate surface area is 86.1 Å². The zero-order valence-electron chi connectivity index (χ0n) is 8.08. The number of nitrogens with zero attached hydrogens (tertiary/aromatic N) is 2. The summed E-state index contributed by atoms with van der Waals surface area (Å²) in [4.78, 5) is 14.8. The number of rotatable bonds is 2. The summed E-state index contributed by atoms with van der Waals surface area (Å²) in [7, 11) is 0.152. The van der Waals surface area contributed by atoms with Crippen molar-refractivity contribution in [2.75, 3.05) is 0 Å². The Morgan fingerprint density at radius 1 is 1.47 bits per heavy atom. The van der Waals surface area contributed by atoms with Crippen molar-refractivity contribution in [1.29, 1.82) is 0 Å². The van der Waals surface area contributed by atoms with Crippen LogP contribution in [-0.2, 0) is 7.05 Å². The van der Waals surface area contributed by atoms with E-state index in [1.807, 2.05) is 0 Å². The van der Waals surface area contributed by atoms with Gasteiger partial charge in [-0.2, -0.15) is 0 Å². The standard InChI is InChI=1S/C9H9BN2O3/c1-12-4-6(5-13)7-2-3-8(10(14)15)11-9(7)12/h2-5,14-15H,1H3. The van der Waals surface area contributed by atoms with Crippen molar-refractivity contribution >= 4 is 30.0 Å². The number of aryl methyl sites for hydroxylation is 1. The third-order valence-corrected chi connectivity index (χ3v) is 2.27. The van der Waals surface area contributed by atoms with Crippen LogP contribution < -0.4 is 5.59 Å². The number of aldehydes is 1. The third kappa shape index (κ3) is 1.53. The molecule has 2 aromatic rings. The third-order valence-electron chi connectivity index (χ3n) is 2.27. The number of aromatic nitrogens is 2. The van der Waals surface area contributed by atoms with E-state index in [1.165, 1.54) is 6.07 Å². The molecule has 2 rings (SSSR count). The van der Waals surface area contributed by atoms with Gasteiger partial charge in [0.15, 0.2) is 6.29 Å². The fraction of sp³-hybridized carbons (Fsp3) is 0.111. The van der Waals surface area contributed by atoms with Gasteiger partial charge >= 0.3 is 7.12 Å². The molecular formula is C9H9BN2O3. The quantitative estimate of drug-likeness (QED) is 0.489. The van der Waals surface area contributed by atoms with E-state index < -0.39 is 7.12 Å². The van der Waals surface area contributed by atoms with Crippen molar-refractivity contribution in [3.63, 3.8) is 0 Å². The van der Waals surface area contributed by atoms with Crippen molar-refractivity contribution in [2.24, 2.45) is 7.05 Å². The van der Waals surface area contributed by atoms with E-state index in [0.717, 1.165) is 6.29 Å². The summed E-state index contributed by atoms with van der Waals surface area (Å²) in [5.41, 5.74) is 1.27. The molecule has 76 valence electrons. The average molecular weight is 204 g/mol. The van der Waals surface area contributed by atoms with Crippen molar-refractivity contribution in [2.45, 2.75) is 0 Å². The van der Waals surface area contributed by atoms with Crippen LogP contribution in [0.4, 0.5) is 0 Å². The second kappa shape index (κ2) is 3.49. The van der Waals surface area contributed by atoms with Gasteiger partial charge in [-0.05, 0) is 12.1 Å². The Kier molecular flexibility index (Phi) is 2.30. The highest BCUT2D eigenvalue weighted by molar-refractivity contribution is 6.57. The van der Waals surface area contributed by atoms with E-state index in [9.17, 15) is 4.79 Å². The van der Waals surface area contributed by atoms with Crippen molar-refractivity contribution in [3.8, 4) is 0 Å². The number of carbonyl (C=O) groups is 1. The maximum atomic E-state index is 10.7. The van der Waals surface area contributed by atoms with Crippen LogP contribution in [0.15, 0.2) is 18.3 Å². The van der Waals surface area contributed by atoms with Crippen LogP contribution in [0.25, 0.3) is 11.0 Å². The van der Waals surface area contributed by atoms with Crippen molar-refractivity contribution in [3.05, 3.63) is 23.9 Å². The van der Waals surface area contributed by atoms with Crippen LogP contribution in [0.3, 0.4) is 0 Å². The number of hydrogen-bond acceptors (Lipinski definition) is 4. The molecule has 6 heteroatoms. The molecular weight excluding hydrogens is 195 g/mol. The molecule has 0 spiro atoms. The van der Waals surface area contributed by atoms with Crippen LogP contribution in [0.5, 0.6) is 0 Å². The SMILES string of the molecule is Cn1cc(C=O)c2ccc(B(O)O)nc21. The van der Waals surface area contributed by atoms with Crippen molar-refractivity contribution < 1.29 is 14.8 Å². The first-order valence-corrected chi connectivity index (χ1v) is 4.41. The Morgan fingerprint density at radius 2 is 2.20 bits per heavy atom. The summed E-state index contributed by atoms with van der Waals surface area (Å²) in [6.45, 7) is 0. The maximum Gasteiger partial charge on any atom is 0.508 e. The zero-order valence-corrected chi connectivity index (χ0v) is 8.08. The highest BCUT2D eigenvalue weighted by Gasteiger charge is 2.15. The number of pyridine rings is 1. The summed E-state index contributed by atoms with van der Waals surface area (Å²) in [6.07, 6.45) is 2.40. The molecule has 2 aromatic heterocycles. The molecule has 0 saturated carbocycles. The predicted octanol–water partition coefficient (Wildman–Crippen LogP) is -0.934. The lowest BCUT2D eigenvalue weighted by atomic mass is 9.85. The maximum absolute atomic E-state index is 10.7. The molecule has 0 aromatic carbocycles. The Bertz CT molecular complexity index is 521. The molecule has 0 aliphatic heterocycles. The van der Waals surface area contributed by atoms with E-state index in [-0.39, 0.29) is 5.59 Å². The fourth-order valence-corrected chi connectivity index (χ4v) is 1.53. The molecule has 0 amide bonds. The van der Waals surface area contributed by atoms with Crippen LogP contribution in [0, 0.1) is 0 Å².